The average Bonchev–Trinajstić information content (AvgIpc) is 2.50. The summed E-state index contributed by atoms with van der Waals surface area (Å²) in [7, 11) is 0. The highest BCUT2D eigenvalue weighted by Crippen LogP contribution is 2.23. The Morgan fingerprint density at radius 2 is 2.06 bits per heavy atom. The molecule has 0 saturated carbocycles. The minimum absolute atomic E-state index is 0.00595. The van der Waals surface area contributed by atoms with E-state index in [1.807, 2.05) is 12.1 Å². The maximum absolute atomic E-state index is 11.7. The van der Waals surface area contributed by atoms with Crippen molar-refractivity contribution in [2.24, 2.45) is 0 Å². The number of nitrogens with one attached hydrogen (secondary N) is 1. The Bertz CT molecular complexity index is 423. The molecule has 1 aromatic carbocycles. The van der Waals surface area contributed by atoms with E-state index in [-0.39, 0.29) is 6.03 Å². The van der Waals surface area contributed by atoms with Crippen LogP contribution in [0.1, 0.15) is 18.4 Å². The van der Waals surface area contributed by atoms with Crippen molar-refractivity contribution in [3.05, 3.63) is 33.8 Å². The third-order valence-corrected chi connectivity index (χ3v) is 3.51. The number of hydrogen-bond acceptors (Lipinski definition) is 1. The highest BCUT2D eigenvalue weighted by atomic mass is 35.5. The number of carbonyl (C=O) groups is 1. The molecule has 5 heteroatoms. The van der Waals surface area contributed by atoms with Crippen LogP contribution in [0.5, 0.6) is 0 Å². The quantitative estimate of drug-likeness (QED) is 0.881. The number of halogens is 2. The molecule has 92 valence electrons. The molecule has 1 heterocycles. The van der Waals surface area contributed by atoms with E-state index in [4.69, 9.17) is 23.2 Å². The number of rotatable bonds is 2. The summed E-state index contributed by atoms with van der Waals surface area (Å²) in [4.78, 5) is 13.5. The summed E-state index contributed by atoms with van der Waals surface area (Å²) in [5, 5.41) is 3.93. The third-order valence-electron chi connectivity index (χ3n) is 2.78. The Morgan fingerprint density at radius 3 is 2.82 bits per heavy atom. The first-order valence-electron chi connectivity index (χ1n) is 5.63. The zero-order valence-electron chi connectivity index (χ0n) is 9.38. The maximum atomic E-state index is 11.7. The van der Waals surface area contributed by atoms with Gasteiger partial charge in [0.15, 0.2) is 0 Å². The molecule has 1 aliphatic rings. The molecule has 17 heavy (non-hydrogen) atoms. The lowest BCUT2D eigenvalue weighted by Crippen LogP contribution is -2.37. The molecule has 1 saturated heterocycles. The summed E-state index contributed by atoms with van der Waals surface area (Å²) in [5.74, 6) is 0. The monoisotopic (exact) mass is 272 g/mol. The minimum atomic E-state index is -0.00595. The van der Waals surface area contributed by atoms with Crippen LogP contribution < -0.4 is 5.32 Å². The van der Waals surface area contributed by atoms with Crippen LogP contribution in [0.15, 0.2) is 18.2 Å². The van der Waals surface area contributed by atoms with Crippen molar-refractivity contribution in [1.82, 2.24) is 10.2 Å². The van der Waals surface area contributed by atoms with Crippen LogP contribution in [0.4, 0.5) is 4.79 Å². The summed E-state index contributed by atoms with van der Waals surface area (Å²) < 4.78 is 0. The summed E-state index contributed by atoms with van der Waals surface area (Å²) in [6.07, 6.45) is 2.06. The Morgan fingerprint density at radius 1 is 1.24 bits per heavy atom. The predicted octanol–water partition coefficient (Wildman–Crippen LogP) is 3.30. The molecule has 1 aromatic rings. The van der Waals surface area contributed by atoms with Gasteiger partial charge in [0.25, 0.3) is 0 Å². The highest BCUT2D eigenvalue weighted by Gasteiger charge is 2.16. The van der Waals surface area contributed by atoms with Gasteiger partial charge in [-0.15, -0.1) is 0 Å². The van der Waals surface area contributed by atoms with Gasteiger partial charge in [0.1, 0.15) is 0 Å². The second-order valence-corrected chi connectivity index (χ2v) is 4.92. The van der Waals surface area contributed by atoms with Gasteiger partial charge < -0.3 is 10.2 Å². The summed E-state index contributed by atoms with van der Waals surface area (Å²) in [6, 6.07) is 5.46. The second kappa shape index (κ2) is 5.61. The Hall–Kier alpha value is -0.930. The Kier molecular flexibility index (Phi) is 4.13. The molecule has 0 radical (unpaired) electrons. The van der Waals surface area contributed by atoms with Crippen molar-refractivity contribution < 1.29 is 4.79 Å². The van der Waals surface area contributed by atoms with Gasteiger partial charge in [-0.05, 0) is 30.5 Å². The number of nitrogens with zero attached hydrogens (tertiary/aromatic N) is 1. The van der Waals surface area contributed by atoms with Crippen LogP contribution in [0.25, 0.3) is 0 Å². The molecule has 0 spiro atoms. The number of carbonyl (C=O) groups excluding carboxylic acids is 1. The standard InChI is InChI=1S/C12H14Cl2N2O/c13-10-4-3-9(7-11(10)14)8-16-6-2-1-5-15-12(16)17/h3-4,7H,1-2,5-6,8H2,(H,15,17). The lowest BCUT2D eigenvalue weighted by atomic mass is 10.2. The van der Waals surface area contributed by atoms with Gasteiger partial charge in [0, 0.05) is 19.6 Å². The third kappa shape index (κ3) is 3.27. The SMILES string of the molecule is O=C1NCCCCN1Cc1ccc(Cl)c(Cl)c1. The van der Waals surface area contributed by atoms with Crippen molar-refractivity contribution in [1.29, 1.82) is 0 Å². The van der Waals surface area contributed by atoms with Crippen LogP contribution in [0.3, 0.4) is 0 Å². The van der Waals surface area contributed by atoms with E-state index in [0.717, 1.165) is 31.5 Å². The largest absolute Gasteiger partial charge is 0.338 e. The van der Waals surface area contributed by atoms with Crippen molar-refractivity contribution >= 4 is 29.2 Å². The molecule has 1 aliphatic heterocycles. The van der Waals surface area contributed by atoms with Gasteiger partial charge in [-0.3, -0.25) is 0 Å². The molecule has 2 rings (SSSR count). The summed E-state index contributed by atoms with van der Waals surface area (Å²) in [6.45, 7) is 2.12. The van der Waals surface area contributed by atoms with E-state index in [2.05, 4.69) is 5.32 Å². The fourth-order valence-corrected chi connectivity index (χ4v) is 2.17. The normalized spacial score (nSPS) is 16.6. The summed E-state index contributed by atoms with van der Waals surface area (Å²) >= 11 is 11.8. The Balaban J connectivity index is 2.08. The second-order valence-electron chi connectivity index (χ2n) is 4.11. The number of hydrogen-bond donors (Lipinski definition) is 1. The van der Waals surface area contributed by atoms with E-state index in [0.29, 0.717) is 16.6 Å². The molecular weight excluding hydrogens is 259 g/mol. The van der Waals surface area contributed by atoms with E-state index < -0.39 is 0 Å². The molecule has 0 unspecified atom stereocenters. The molecule has 0 aliphatic carbocycles. The van der Waals surface area contributed by atoms with Crippen molar-refractivity contribution in [2.45, 2.75) is 19.4 Å². The zero-order valence-corrected chi connectivity index (χ0v) is 10.9. The van der Waals surface area contributed by atoms with E-state index in [1.165, 1.54) is 0 Å². The van der Waals surface area contributed by atoms with Gasteiger partial charge in [0.05, 0.1) is 10.0 Å². The fourth-order valence-electron chi connectivity index (χ4n) is 1.85. The molecule has 1 fully saturated rings. The maximum Gasteiger partial charge on any atom is 0.317 e. The zero-order chi connectivity index (χ0) is 12.3. The molecular formula is C12H14Cl2N2O. The average molecular weight is 273 g/mol. The summed E-state index contributed by atoms with van der Waals surface area (Å²) in [5.41, 5.74) is 0.997. The number of amides is 2. The Labute approximate surface area is 111 Å². The molecule has 0 bridgehead atoms. The van der Waals surface area contributed by atoms with Gasteiger partial charge in [-0.25, -0.2) is 4.79 Å². The number of urea groups is 1. The fraction of sp³-hybridized carbons (Fsp3) is 0.417. The van der Waals surface area contributed by atoms with Crippen molar-refractivity contribution in [3.63, 3.8) is 0 Å². The van der Waals surface area contributed by atoms with Gasteiger partial charge in [-0.1, -0.05) is 29.3 Å². The first-order valence-corrected chi connectivity index (χ1v) is 6.39. The predicted molar refractivity (Wildman–Crippen MR) is 69.5 cm³/mol. The van der Waals surface area contributed by atoms with Crippen LogP contribution in [0.2, 0.25) is 10.0 Å². The van der Waals surface area contributed by atoms with Crippen LogP contribution in [0, 0.1) is 0 Å². The molecule has 2 amide bonds. The molecule has 0 aromatic heterocycles. The van der Waals surface area contributed by atoms with Gasteiger partial charge in [0.2, 0.25) is 0 Å². The highest BCUT2D eigenvalue weighted by molar-refractivity contribution is 6.42. The minimum Gasteiger partial charge on any atom is -0.338 e. The van der Waals surface area contributed by atoms with Crippen molar-refractivity contribution in [2.75, 3.05) is 13.1 Å². The number of benzene rings is 1. The smallest absolute Gasteiger partial charge is 0.317 e. The lowest BCUT2D eigenvalue weighted by molar-refractivity contribution is 0.200. The first kappa shape index (κ1) is 12.5. The molecule has 0 atom stereocenters. The van der Waals surface area contributed by atoms with Crippen molar-refractivity contribution in [3.8, 4) is 0 Å². The van der Waals surface area contributed by atoms with Gasteiger partial charge in [-0.2, -0.15) is 0 Å². The van der Waals surface area contributed by atoms with Crippen LogP contribution >= 0.6 is 23.2 Å². The van der Waals surface area contributed by atoms with Gasteiger partial charge >= 0.3 is 6.03 Å². The first-order chi connectivity index (χ1) is 8.16. The van der Waals surface area contributed by atoms with E-state index in [1.54, 1.807) is 11.0 Å². The molecule has 1 N–H and O–H groups in total. The van der Waals surface area contributed by atoms with E-state index >= 15 is 0 Å². The van der Waals surface area contributed by atoms with E-state index in [9.17, 15) is 4.79 Å². The van der Waals surface area contributed by atoms with Crippen LogP contribution in [-0.4, -0.2) is 24.0 Å². The topological polar surface area (TPSA) is 32.3 Å². The van der Waals surface area contributed by atoms with Crippen LogP contribution in [-0.2, 0) is 6.54 Å². The lowest BCUT2D eigenvalue weighted by Gasteiger charge is -2.20. The molecule has 3 nitrogen and oxygen atoms in total.